The number of carbonyl (C=O) groups excluding carboxylic acids is 1. The number of rotatable bonds is 5. The Bertz CT molecular complexity index is 697. The van der Waals surface area contributed by atoms with Crippen molar-refractivity contribution in [1.29, 1.82) is 0 Å². The lowest BCUT2D eigenvalue weighted by atomic mass is 10.1. The highest BCUT2D eigenvalue weighted by Gasteiger charge is 2.16. The Balaban J connectivity index is 1.54. The summed E-state index contributed by atoms with van der Waals surface area (Å²) in [7, 11) is 0. The maximum atomic E-state index is 13.6. The van der Waals surface area contributed by atoms with Crippen LogP contribution in [0, 0.1) is 5.82 Å². The van der Waals surface area contributed by atoms with E-state index in [1.807, 2.05) is 0 Å². The van der Waals surface area contributed by atoms with Crippen LogP contribution in [0.5, 0.6) is 0 Å². The van der Waals surface area contributed by atoms with Crippen LogP contribution in [0.25, 0.3) is 0 Å². The minimum Gasteiger partial charge on any atom is -0.364 e. The molecule has 1 amide bonds. The van der Waals surface area contributed by atoms with Gasteiger partial charge in [-0.05, 0) is 31.0 Å². The second-order valence-corrected chi connectivity index (χ2v) is 6.41. The zero-order valence-electron chi connectivity index (χ0n) is 14.2. The summed E-state index contributed by atoms with van der Waals surface area (Å²) in [5.74, 6) is 0.0664. The number of aromatic nitrogens is 2. The van der Waals surface area contributed by atoms with Crippen LogP contribution in [0.4, 0.5) is 10.2 Å². The monoisotopic (exact) mass is 342 g/mol. The molecule has 2 aromatic rings. The second kappa shape index (κ2) is 8.55. The van der Waals surface area contributed by atoms with E-state index in [9.17, 15) is 9.18 Å². The first kappa shape index (κ1) is 17.3. The molecule has 25 heavy (non-hydrogen) atoms. The number of hydrogen-bond acceptors (Lipinski definition) is 4. The van der Waals surface area contributed by atoms with Gasteiger partial charge in [0.2, 0.25) is 0 Å². The fraction of sp³-hybridized carbons (Fsp3) is 0.421. The van der Waals surface area contributed by atoms with E-state index in [1.54, 1.807) is 30.3 Å². The summed E-state index contributed by atoms with van der Waals surface area (Å²) in [6.07, 6.45) is 6.87. The third kappa shape index (κ3) is 4.98. The Hall–Kier alpha value is -2.50. The van der Waals surface area contributed by atoms with Crippen molar-refractivity contribution in [3.8, 4) is 0 Å². The Labute approximate surface area is 147 Å². The number of halogens is 1. The lowest BCUT2D eigenvalue weighted by Gasteiger charge is -2.15. The molecule has 132 valence electrons. The minimum atomic E-state index is -0.262. The van der Waals surface area contributed by atoms with Crippen molar-refractivity contribution in [2.24, 2.45) is 0 Å². The molecule has 0 spiro atoms. The number of benzene rings is 1. The predicted octanol–water partition coefficient (Wildman–Crippen LogP) is 3.68. The Morgan fingerprint density at radius 1 is 1.04 bits per heavy atom. The molecule has 1 aromatic carbocycles. The average Bonchev–Trinajstić information content (AvgIpc) is 2.90. The van der Waals surface area contributed by atoms with Gasteiger partial charge in [-0.3, -0.25) is 4.79 Å². The highest BCUT2D eigenvalue weighted by molar-refractivity contribution is 5.92. The van der Waals surface area contributed by atoms with Crippen molar-refractivity contribution in [2.75, 3.05) is 5.32 Å². The van der Waals surface area contributed by atoms with Gasteiger partial charge in [-0.25, -0.2) is 4.39 Å². The van der Waals surface area contributed by atoms with Crippen molar-refractivity contribution in [3.05, 3.63) is 53.5 Å². The van der Waals surface area contributed by atoms with Crippen molar-refractivity contribution < 1.29 is 9.18 Å². The maximum Gasteiger partial charge on any atom is 0.272 e. The molecule has 0 aliphatic heterocycles. The summed E-state index contributed by atoms with van der Waals surface area (Å²) in [6, 6.07) is 10.1. The molecule has 1 aliphatic carbocycles. The van der Waals surface area contributed by atoms with Crippen molar-refractivity contribution in [1.82, 2.24) is 15.5 Å². The van der Waals surface area contributed by atoms with Gasteiger partial charge in [0.25, 0.3) is 5.91 Å². The first-order valence-electron chi connectivity index (χ1n) is 8.84. The zero-order chi connectivity index (χ0) is 17.5. The quantitative estimate of drug-likeness (QED) is 0.814. The van der Waals surface area contributed by atoms with E-state index in [1.165, 1.54) is 18.9 Å². The van der Waals surface area contributed by atoms with E-state index in [-0.39, 0.29) is 17.8 Å². The van der Waals surface area contributed by atoms with Gasteiger partial charge in [0, 0.05) is 18.2 Å². The van der Waals surface area contributed by atoms with Crippen molar-refractivity contribution in [2.45, 2.75) is 51.1 Å². The summed E-state index contributed by atoms with van der Waals surface area (Å²) < 4.78 is 13.6. The van der Waals surface area contributed by atoms with E-state index < -0.39 is 0 Å². The molecule has 0 bridgehead atoms. The molecule has 1 fully saturated rings. The van der Waals surface area contributed by atoms with Gasteiger partial charge in [0.05, 0.1) is 0 Å². The first-order chi connectivity index (χ1) is 12.2. The lowest BCUT2D eigenvalue weighted by molar-refractivity contribution is 0.0927. The van der Waals surface area contributed by atoms with Gasteiger partial charge < -0.3 is 10.6 Å². The molecule has 0 atom stereocenters. The van der Waals surface area contributed by atoms with Crippen LogP contribution >= 0.6 is 0 Å². The summed E-state index contributed by atoms with van der Waals surface area (Å²) in [5, 5.41) is 14.1. The maximum absolute atomic E-state index is 13.6. The number of nitrogens with one attached hydrogen (secondary N) is 2. The molecule has 1 saturated carbocycles. The predicted molar refractivity (Wildman–Crippen MR) is 94.7 cm³/mol. The summed E-state index contributed by atoms with van der Waals surface area (Å²) in [5.41, 5.74) is 0.861. The van der Waals surface area contributed by atoms with E-state index in [4.69, 9.17) is 0 Å². The molecule has 2 N–H and O–H groups in total. The molecule has 1 aliphatic rings. The highest BCUT2D eigenvalue weighted by atomic mass is 19.1. The molecule has 5 nitrogen and oxygen atoms in total. The van der Waals surface area contributed by atoms with Crippen LogP contribution in [0.3, 0.4) is 0 Å². The summed E-state index contributed by atoms with van der Waals surface area (Å²) >= 11 is 0. The fourth-order valence-corrected chi connectivity index (χ4v) is 3.06. The van der Waals surface area contributed by atoms with Gasteiger partial charge in [0.1, 0.15) is 11.6 Å². The standard InChI is InChI=1S/C19H23FN4O/c20-16-10-6-5-7-14(16)13-21-18-12-11-17(23-24-18)19(25)22-15-8-3-1-2-4-9-15/h5-7,10-12,15H,1-4,8-9,13H2,(H,21,24)(H,22,25). The highest BCUT2D eigenvalue weighted by Crippen LogP contribution is 2.17. The molecule has 1 aromatic heterocycles. The number of nitrogens with zero attached hydrogens (tertiary/aromatic N) is 2. The molecule has 3 rings (SSSR count). The third-order valence-corrected chi connectivity index (χ3v) is 4.51. The normalized spacial score (nSPS) is 15.4. The minimum absolute atomic E-state index is 0.181. The van der Waals surface area contributed by atoms with Gasteiger partial charge in [-0.15, -0.1) is 10.2 Å². The van der Waals surface area contributed by atoms with Crippen LogP contribution in [0.15, 0.2) is 36.4 Å². The van der Waals surface area contributed by atoms with E-state index >= 15 is 0 Å². The van der Waals surface area contributed by atoms with E-state index in [0.717, 1.165) is 25.7 Å². The Morgan fingerprint density at radius 3 is 2.48 bits per heavy atom. The van der Waals surface area contributed by atoms with Crippen LogP contribution in [-0.4, -0.2) is 22.1 Å². The Morgan fingerprint density at radius 2 is 1.80 bits per heavy atom. The zero-order valence-corrected chi connectivity index (χ0v) is 14.2. The van der Waals surface area contributed by atoms with Gasteiger partial charge in [-0.1, -0.05) is 43.9 Å². The molecule has 6 heteroatoms. The van der Waals surface area contributed by atoms with E-state index in [2.05, 4.69) is 20.8 Å². The lowest BCUT2D eigenvalue weighted by Crippen LogP contribution is -2.35. The topological polar surface area (TPSA) is 66.9 Å². The van der Waals surface area contributed by atoms with Crippen LogP contribution in [-0.2, 0) is 6.54 Å². The first-order valence-corrected chi connectivity index (χ1v) is 8.84. The van der Waals surface area contributed by atoms with Gasteiger partial charge in [-0.2, -0.15) is 0 Å². The molecular weight excluding hydrogens is 319 g/mol. The molecule has 1 heterocycles. The van der Waals surface area contributed by atoms with Crippen molar-refractivity contribution in [3.63, 3.8) is 0 Å². The fourth-order valence-electron chi connectivity index (χ4n) is 3.06. The third-order valence-electron chi connectivity index (χ3n) is 4.51. The SMILES string of the molecule is O=C(NC1CCCCCC1)c1ccc(NCc2ccccc2F)nn1. The van der Waals surface area contributed by atoms with E-state index in [0.29, 0.717) is 23.6 Å². The molecule has 0 radical (unpaired) electrons. The summed E-state index contributed by atoms with van der Waals surface area (Å²) in [4.78, 5) is 12.3. The van der Waals surface area contributed by atoms with Gasteiger partial charge >= 0.3 is 0 Å². The summed E-state index contributed by atoms with van der Waals surface area (Å²) in [6.45, 7) is 0.314. The average molecular weight is 342 g/mol. The number of amides is 1. The van der Waals surface area contributed by atoms with Gasteiger partial charge in [0.15, 0.2) is 5.69 Å². The smallest absolute Gasteiger partial charge is 0.272 e. The second-order valence-electron chi connectivity index (χ2n) is 6.41. The Kier molecular flexibility index (Phi) is 5.93. The van der Waals surface area contributed by atoms with Crippen molar-refractivity contribution >= 4 is 11.7 Å². The number of carbonyl (C=O) groups is 1. The molecule has 0 unspecified atom stereocenters. The van der Waals surface area contributed by atoms with Crippen LogP contribution < -0.4 is 10.6 Å². The number of anilines is 1. The largest absolute Gasteiger partial charge is 0.364 e. The van der Waals surface area contributed by atoms with Crippen LogP contribution in [0.1, 0.15) is 54.6 Å². The molecular formula is C19H23FN4O. The number of hydrogen-bond donors (Lipinski definition) is 2. The van der Waals surface area contributed by atoms with Crippen LogP contribution in [0.2, 0.25) is 0 Å². The molecule has 0 saturated heterocycles.